The van der Waals surface area contributed by atoms with Gasteiger partial charge in [0.25, 0.3) is 0 Å². The maximum absolute atomic E-state index is 14.1. The molecule has 34 heavy (non-hydrogen) atoms. The van der Waals surface area contributed by atoms with E-state index in [-0.39, 0.29) is 12.3 Å². The Morgan fingerprint density at radius 1 is 1.12 bits per heavy atom. The smallest absolute Gasteiger partial charge is 0.324 e. The van der Waals surface area contributed by atoms with Crippen molar-refractivity contribution in [3.05, 3.63) is 77.5 Å². The second kappa shape index (κ2) is 10.3. The summed E-state index contributed by atoms with van der Waals surface area (Å²) in [6, 6.07) is 14.8. The van der Waals surface area contributed by atoms with Crippen LogP contribution in [0.4, 0.5) is 25.1 Å². The van der Waals surface area contributed by atoms with Gasteiger partial charge in [-0.3, -0.25) is 5.32 Å². The lowest BCUT2D eigenvalue weighted by Crippen LogP contribution is -2.22. The highest BCUT2D eigenvalue weighted by molar-refractivity contribution is 7.27. The number of benzene rings is 3. The third-order valence-electron chi connectivity index (χ3n) is 5.43. The van der Waals surface area contributed by atoms with Gasteiger partial charge in [0.2, 0.25) is 0 Å². The minimum Gasteiger partial charge on any atom is -0.392 e. The van der Waals surface area contributed by atoms with Gasteiger partial charge >= 0.3 is 6.03 Å². The second-order valence-electron chi connectivity index (χ2n) is 7.96. The minimum absolute atomic E-state index is 0.155. The lowest BCUT2D eigenvalue weighted by atomic mass is 10.0. The van der Waals surface area contributed by atoms with Gasteiger partial charge in [-0.25, -0.2) is 18.3 Å². The van der Waals surface area contributed by atoms with Crippen molar-refractivity contribution in [1.29, 1.82) is 0 Å². The molecule has 0 aliphatic carbocycles. The van der Waals surface area contributed by atoms with E-state index in [1.165, 1.54) is 6.07 Å². The van der Waals surface area contributed by atoms with Gasteiger partial charge in [-0.05, 0) is 58.7 Å². The average Bonchev–Trinajstić information content (AvgIpc) is 3.22. The molecule has 0 aliphatic heterocycles. The third kappa shape index (κ3) is 5.08. The molecule has 1 aromatic heterocycles. The Bertz CT molecular complexity index is 1360. The standard InChI is InChI=1S/C25H25F2N4O2P/c1-2-3-7-17-11-23(29-25(33)28-22-13-19(34)12-21(26)24(22)27)31(30-17)18-9-15-6-4-5-8-20(15)16(10-18)14-32/h4-6,8-13,32H,2-3,7,14,34H2,1H3,(H2,28,29,33). The van der Waals surface area contributed by atoms with Gasteiger partial charge in [0, 0.05) is 6.07 Å². The Balaban J connectivity index is 1.70. The van der Waals surface area contributed by atoms with Crippen LogP contribution < -0.4 is 15.9 Å². The molecule has 176 valence electrons. The molecular weight excluding hydrogens is 457 g/mol. The van der Waals surface area contributed by atoms with Crippen molar-refractivity contribution in [2.45, 2.75) is 32.8 Å². The first-order valence-electron chi connectivity index (χ1n) is 10.9. The van der Waals surface area contributed by atoms with Gasteiger partial charge in [-0.1, -0.05) is 37.6 Å². The van der Waals surface area contributed by atoms with Crippen LogP contribution in [0.5, 0.6) is 0 Å². The minimum atomic E-state index is -1.14. The summed E-state index contributed by atoms with van der Waals surface area (Å²) < 4.78 is 29.4. The van der Waals surface area contributed by atoms with E-state index in [9.17, 15) is 18.7 Å². The molecular formula is C25H25F2N4O2P. The molecule has 6 nitrogen and oxygen atoms in total. The van der Waals surface area contributed by atoms with E-state index in [2.05, 4.69) is 31.9 Å². The average molecular weight is 482 g/mol. The van der Waals surface area contributed by atoms with E-state index in [1.54, 1.807) is 10.7 Å². The third-order valence-corrected chi connectivity index (χ3v) is 5.77. The number of aromatic nitrogens is 2. The SMILES string of the molecule is CCCCc1cc(NC(=O)Nc2cc(P)cc(F)c2F)n(-c2cc(CO)c3ccccc3c2)n1. The highest BCUT2D eigenvalue weighted by Crippen LogP contribution is 2.26. The molecule has 0 fully saturated rings. The van der Waals surface area contributed by atoms with E-state index in [4.69, 9.17) is 0 Å². The molecule has 0 saturated heterocycles. The van der Waals surface area contributed by atoms with Crippen LogP contribution in [-0.4, -0.2) is 20.9 Å². The zero-order valence-electron chi connectivity index (χ0n) is 18.6. The number of urea groups is 1. The van der Waals surface area contributed by atoms with Crippen LogP contribution in [0, 0.1) is 11.6 Å². The summed E-state index contributed by atoms with van der Waals surface area (Å²) in [6.07, 6.45) is 2.62. The van der Waals surface area contributed by atoms with Gasteiger partial charge in [0.1, 0.15) is 5.82 Å². The monoisotopic (exact) mass is 482 g/mol. The van der Waals surface area contributed by atoms with Crippen molar-refractivity contribution in [2.24, 2.45) is 0 Å². The van der Waals surface area contributed by atoms with E-state index >= 15 is 0 Å². The molecule has 0 saturated carbocycles. The van der Waals surface area contributed by atoms with Gasteiger partial charge in [-0.2, -0.15) is 5.10 Å². The summed E-state index contributed by atoms with van der Waals surface area (Å²) in [5.41, 5.74) is 1.89. The predicted octanol–water partition coefficient (Wildman–Crippen LogP) is 5.28. The molecule has 4 rings (SSSR count). The number of hydrogen-bond acceptors (Lipinski definition) is 3. The fourth-order valence-electron chi connectivity index (χ4n) is 3.79. The number of nitrogens with zero attached hydrogens (tertiary/aromatic N) is 2. The normalized spacial score (nSPS) is 11.1. The molecule has 1 unspecified atom stereocenters. The van der Waals surface area contributed by atoms with Crippen LogP contribution in [0.25, 0.3) is 16.5 Å². The number of hydrogen-bond donors (Lipinski definition) is 3. The van der Waals surface area contributed by atoms with Crippen LogP contribution in [0.3, 0.4) is 0 Å². The van der Waals surface area contributed by atoms with Gasteiger partial charge in [0.15, 0.2) is 11.6 Å². The first-order chi connectivity index (χ1) is 16.4. The van der Waals surface area contributed by atoms with Gasteiger partial charge in [-0.15, -0.1) is 9.24 Å². The van der Waals surface area contributed by atoms with Crippen LogP contribution >= 0.6 is 9.24 Å². The summed E-state index contributed by atoms with van der Waals surface area (Å²) in [5, 5.41) is 21.9. The molecule has 0 radical (unpaired) electrons. The molecule has 1 atom stereocenters. The number of carbonyl (C=O) groups is 1. The van der Waals surface area contributed by atoms with Crippen molar-refractivity contribution in [3.8, 4) is 5.69 Å². The van der Waals surface area contributed by atoms with Crippen LogP contribution in [0.15, 0.2) is 54.6 Å². The molecule has 2 amide bonds. The first kappa shape index (κ1) is 23.8. The highest BCUT2D eigenvalue weighted by Gasteiger charge is 2.17. The van der Waals surface area contributed by atoms with Crippen LogP contribution in [-0.2, 0) is 13.0 Å². The Kier molecular flexibility index (Phi) is 7.20. The Labute approximate surface area is 198 Å². The summed E-state index contributed by atoms with van der Waals surface area (Å²) in [5.74, 6) is -1.83. The topological polar surface area (TPSA) is 79.2 Å². The predicted molar refractivity (Wildman–Crippen MR) is 134 cm³/mol. The number of aliphatic hydroxyl groups is 1. The number of nitrogens with one attached hydrogen (secondary N) is 2. The highest BCUT2D eigenvalue weighted by atomic mass is 31.0. The fourth-order valence-corrected chi connectivity index (χ4v) is 4.11. The van der Waals surface area contributed by atoms with Crippen LogP contribution in [0.1, 0.15) is 31.0 Å². The second-order valence-corrected chi connectivity index (χ2v) is 8.63. The summed E-state index contributed by atoms with van der Waals surface area (Å²) in [4.78, 5) is 12.7. The maximum Gasteiger partial charge on any atom is 0.324 e. The van der Waals surface area contributed by atoms with E-state index in [0.29, 0.717) is 16.8 Å². The van der Waals surface area contributed by atoms with E-state index < -0.39 is 17.7 Å². The lowest BCUT2D eigenvalue weighted by Gasteiger charge is -2.13. The Hall–Kier alpha value is -3.35. The van der Waals surface area contributed by atoms with Crippen molar-refractivity contribution < 1.29 is 18.7 Å². The molecule has 1 heterocycles. The van der Waals surface area contributed by atoms with Crippen LogP contribution in [0.2, 0.25) is 0 Å². The van der Waals surface area contributed by atoms with Gasteiger partial charge in [0.05, 0.1) is 23.7 Å². The quantitative estimate of drug-likeness (QED) is 0.314. The van der Waals surface area contributed by atoms with E-state index in [1.807, 2.05) is 36.4 Å². The van der Waals surface area contributed by atoms with Crippen molar-refractivity contribution in [3.63, 3.8) is 0 Å². The Morgan fingerprint density at radius 2 is 1.91 bits per heavy atom. The molecule has 0 bridgehead atoms. The zero-order chi connectivity index (χ0) is 24.2. The number of aryl methyl sites for hydroxylation is 1. The number of unbranched alkanes of at least 4 members (excludes halogenated alkanes) is 1. The molecule has 3 N–H and O–H groups in total. The van der Waals surface area contributed by atoms with Crippen molar-refractivity contribution in [1.82, 2.24) is 9.78 Å². The number of rotatable bonds is 7. The Morgan fingerprint density at radius 3 is 2.68 bits per heavy atom. The number of amides is 2. The summed E-state index contributed by atoms with van der Waals surface area (Å²) in [7, 11) is 2.27. The number of aliphatic hydroxyl groups excluding tert-OH is 1. The number of halogens is 2. The summed E-state index contributed by atoms with van der Waals surface area (Å²) in [6.45, 7) is 1.92. The maximum atomic E-state index is 14.1. The molecule has 0 aliphatic rings. The number of carbonyl (C=O) groups excluding carboxylic acids is 1. The van der Waals surface area contributed by atoms with Crippen molar-refractivity contribution >= 4 is 42.9 Å². The van der Waals surface area contributed by atoms with Gasteiger partial charge < -0.3 is 10.4 Å². The molecule has 0 spiro atoms. The van der Waals surface area contributed by atoms with E-state index in [0.717, 1.165) is 47.4 Å². The summed E-state index contributed by atoms with van der Waals surface area (Å²) >= 11 is 0. The molecule has 9 heteroatoms. The largest absolute Gasteiger partial charge is 0.392 e. The number of anilines is 2. The number of fused-ring (bicyclic) bond motifs is 1. The molecule has 3 aromatic carbocycles. The fraction of sp³-hybridized carbons (Fsp3) is 0.200. The first-order valence-corrected chi connectivity index (χ1v) is 11.5. The van der Waals surface area contributed by atoms with Crippen molar-refractivity contribution in [2.75, 3.05) is 10.6 Å². The lowest BCUT2D eigenvalue weighted by molar-refractivity contribution is 0.262. The zero-order valence-corrected chi connectivity index (χ0v) is 19.8. The molecule has 4 aromatic rings.